The lowest BCUT2D eigenvalue weighted by atomic mass is 10.2. The van der Waals surface area contributed by atoms with Crippen molar-refractivity contribution in [2.24, 2.45) is 5.73 Å². The highest BCUT2D eigenvalue weighted by Gasteiger charge is 2.39. The fraction of sp³-hybridized carbons (Fsp3) is 0.300. The van der Waals surface area contributed by atoms with E-state index in [1.165, 1.54) is 12.1 Å². The van der Waals surface area contributed by atoms with Gasteiger partial charge < -0.3 is 11.1 Å². The largest absolute Gasteiger partial charge is 0.409 e. The van der Waals surface area contributed by atoms with Crippen molar-refractivity contribution in [3.8, 4) is 0 Å². The molecule has 88 valence electrons. The highest BCUT2D eigenvalue weighted by molar-refractivity contribution is 5.94. The van der Waals surface area contributed by atoms with E-state index in [4.69, 9.17) is 5.73 Å². The normalized spacial score (nSPS) is 13.2. The number of nitrogens with one attached hydrogen (secondary N) is 1. The average molecular weight is 232 g/mol. The van der Waals surface area contributed by atoms with Crippen LogP contribution >= 0.6 is 0 Å². The topological polar surface area (TPSA) is 55.1 Å². The second-order valence-electron chi connectivity index (χ2n) is 3.17. The Morgan fingerprint density at radius 1 is 1.31 bits per heavy atom. The molecule has 0 heterocycles. The summed E-state index contributed by atoms with van der Waals surface area (Å²) in [6.45, 7) is -0.678. The number of carbonyl (C=O) groups is 1. The zero-order chi connectivity index (χ0) is 12.2. The molecule has 0 aromatic heterocycles. The minimum absolute atomic E-state index is 0.171. The Balaban J connectivity index is 2.71. The molecule has 0 radical (unpaired) electrons. The molecule has 1 rings (SSSR count). The maximum atomic E-state index is 12.3. The predicted molar refractivity (Wildman–Crippen MR) is 52.8 cm³/mol. The summed E-state index contributed by atoms with van der Waals surface area (Å²) >= 11 is 0. The predicted octanol–water partition coefficient (Wildman–Crippen LogP) is 1.31. The first-order valence-electron chi connectivity index (χ1n) is 4.58. The van der Waals surface area contributed by atoms with Crippen LogP contribution < -0.4 is 11.1 Å². The number of alkyl halides is 3. The lowest BCUT2D eigenvalue weighted by molar-refractivity contribution is -0.150. The van der Waals surface area contributed by atoms with Gasteiger partial charge in [-0.2, -0.15) is 13.2 Å². The van der Waals surface area contributed by atoms with E-state index in [1.54, 1.807) is 18.2 Å². The number of amides is 1. The molecule has 0 aliphatic carbocycles. The van der Waals surface area contributed by atoms with Crippen LogP contribution in [0.5, 0.6) is 0 Å². The van der Waals surface area contributed by atoms with Gasteiger partial charge in [0.1, 0.15) is 6.04 Å². The van der Waals surface area contributed by atoms with E-state index in [1.807, 2.05) is 5.32 Å². The van der Waals surface area contributed by atoms with Crippen molar-refractivity contribution in [1.82, 2.24) is 5.32 Å². The molecule has 1 aromatic rings. The summed E-state index contributed by atoms with van der Waals surface area (Å²) in [6.07, 6.45) is -4.53. The summed E-state index contributed by atoms with van der Waals surface area (Å²) in [5.74, 6) is -0.784. The van der Waals surface area contributed by atoms with Gasteiger partial charge in [0, 0.05) is 12.1 Å². The molecular formula is C10H11F3N2O. The van der Waals surface area contributed by atoms with E-state index in [0.717, 1.165) is 0 Å². The first-order chi connectivity index (χ1) is 7.45. The van der Waals surface area contributed by atoms with E-state index in [-0.39, 0.29) is 5.56 Å². The molecule has 6 heteroatoms. The number of benzene rings is 1. The molecule has 16 heavy (non-hydrogen) atoms. The van der Waals surface area contributed by atoms with E-state index in [2.05, 4.69) is 0 Å². The fourth-order valence-electron chi connectivity index (χ4n) is 1.11. The van der Waals surface area contributed by atoms with Gasteiger partial charge in [0.2, 0.25) is 0 Å². The molecule has 0 fully saturated rings. The van der Waals surface area contributed by atoms with Crippen molar-refractivity contribution in [3.05, 3.63) is 35.9 Å². The second kappa shape index (κ2) is 4.98. The summed E-state index contributed by atoms with van der Waals surface area (Å²) in [4.78, 5) is 11.4. The minimum atomic E-state index is -4.53. The van der Waals surface area contributed by atoms with Crippen molar-refractivity contribution in [2.45, 2.75) is 12.2 Å². The standard InChI is InChI=1S/C10H11F3N2O/c11-10(12,13)8(6-14)15-9(16)7-4-2-1-3-5-7/h1-5,8H,6,14H2,(H,15,16). The van der Waals surface area contributed by atoms with Gasteiger partial charge in [0.25, 0.3) is 5.91 Å². The van der Waals surface area contributed by atoms with Crippen LogP contribution in [0.3, 0.4) is 0 Å². The lowest BCUT2D eigenvalue weighted by Gasteiger charge is -2.19. The molecule has 3 N–H and O–H groups in total. The minimum Gasteiger partial charge on any atom is -0.339 e. The van der Waals surface area contributed by atoms with Gasteiger partial charge in [-0.1, -0.05) is 18.2 Å². The quantitative estimate of drug-likeness (QED) is 0.825. The van der Waals surface area contributed by atoms with Crippen LogP contribution in [0, 0.1) is 0 Å². The summed E-state index contributed by atoms with van der Waals surface area (Å²) in [5.41, 5.74) is 5.12. The molecule has 0 aliphatic rings. The molecule has 0 aliphatic heterocycles. The Hall–Kier alpha value is -1.56. The van der Waals surface area contributed by atoms with E-state index >= 15 is 0 Å². The SMILES string of the molecule is NCC(NC(=O)c1ccccc1)C(F)(F)F. The molecule has 0 spiro atoms. The smallest absolute Gasteiger partial charge is 0.339 e. The lowest BCUT2D eigenvalue weighted by Crippen LogP contribution is -2.49. The van der Waals surface area contributed by atoms with Crippen LogP contribution in [0.1, 0.15) is 10.4 Å². The molecule has 0 saturated heterocycles. The zero-order valence-electron chi connectivity index (χ0n) is 8.29. The van der Waals surface area contributed by atoms with Gasteiger partial charge in [0.05, 0.1) is 0 Å². The number of halogens is 3. The van der Waals surface area contributed by atoms with Crippen LogP contribution in [-0.4, -0.2) is 24.7 Å². The monoisotopic (exact) mass is 232 g/mol. The Morgan fingerprint density at radius 2 is 1.88 bits per heavy atom. The van der Waals surface area contributed by atoms with Crippen LogP contribution in [-0.2, 0) is 0 Å². The van der Waals surface area contributed by atoms with Crippen LogP contribution in [0.4, 0.5) is 13.2 Å². The van der Waals surface area contributed by atoms with Crippen molar-refractivity contribution < 1.29 is 18.0 Å². The maximum absolute atomic E-state index is 12.3. The van der Waals surface area contributed by atoms with Crippen LogP contribution in [0.2, 0.25) is 0 Å². The zero-order valence-corrected chi connectivity index (χ0v) is 8.29. The summed E-state index contributed by atoms with van der Waals surface area (Å²) in [6, 6.07) is 5.65. The van der Waals surface area contributed by atoms with E-state index < -0.39 is 24.7 Å². The molecule has 3 nitrogen and oxygen atoms in total. The van der Waals surface area contributed by atoms with Gasteiger partial charge in [0.15, 0.2) is 0 Å². The Kier molecular flexibility index (Phi) is 3.89. The van der Waals surface area contributed by atoms with E-state index in [0.29, 0.717) is 0 Å². The number of hydrogen-bond acceptors (Lipinski definition) is 2. The summed E-state index contributed by atoms with van der Waals surface area (Å²) < 4.78 is 36.9. The van der Waals surface area contributed by atoms with Crippen LogP contribution in [0.25, 0.3) is 0 Å². The summed E-state index contributed by atoms with van der Waals surface area (Å²) in [7, 11) is 0. The van der Waals surface area contributed by atoms with Gasteiger partial charge in [-0.05, 0) is 12.1 Å². The summed E-state index contributed by atoms with van der Waals surface area (Å²) in [5, 5.41) is 1.83. The third-order valence-electron chi connectivity index (χ3n) is 1.97. The number of rotatable bonds is 3. The number of hydrogen-bond donors (Lipinski definition) is 2. The van der Waals surface area contributed by atoms with E-state index in [9.17, 15) is 18.0 Å². The second-order valence-corrected chi connectivity index (χ2v) is 3.17. The first-order valence-corrected chi connectivity index (χ1v) is 4.58. The number of carbonyl (C=O) groups excluding carboxylic acids is 1. The van der Waals surface area contributed by atoms with Gasteiger partial charge in [-0.15, -0.1) is 0 Å². The highest BCUT2D eigenvalue weighted by atomic mass is 19.4. The molecule has 1 aromatic carbocycles. The van der Waals surface area contributed by atoms with Crippen molar-refractivity contribution >= 4 is 5.91 Å². The van der Waals surface area contributed by atoms with Crippen molar-refractivity contribution in [3.63, 3.8) is 0 Å². The Labute approximate surface area is 90.4 Å². The van der Waals surface area contributed by atoms with Gasteiger partial charge >= 0.3 is 6.18 Å². The molecule has 1 amide bonds. The van der Waals surface area contributed by atoms with Crippen molar-refractivity contribution in [2.75, 3.05) is 6.54 Å². The number of nitrogens with two attached hydrogens (primary N) is 1. The van der Waals surface area contributed by atoms with Crippen LogP contribution in [0.15, 0.2) is 30.3 Å². The third-order valence-corrected chi connectivity index (χ3v) is 1.97. The first kappa shape index (κ1) is 12.5. The van der Waals surface area contributed by atoms with Crippen molar-refractivity contribution in [1.29, 1.82) is 0 Å². The molecule has 1 unspecified atom stereocenters. The van der Waals surface area contributed by atoms with Gasteiger partial charge in [-0.25, -0.2) is 0 Å². The highest BCUT2D eigenvalue weighted by Crippen LogP contribution is 2.19. The third kappa shape index (κ3) is 3.23. The van der Waals surface area contributed by atoms with Gasteiger partial charge in [-0.3, -0.25) is 4.79 Å². The molecule has 0 saturated carbocycles. The Morgan fingerprint density at radius 3 is 2.31 bits per heavy atom. The molecule has 1 atom stereocenters. The fourth-order valence-corrected chi connectivity index (χ4v) is 1.11. The molecular weight excluding hydrogens is 221 g/mol. The Bertz CT molecular complexity index is 351. The average Bonchev–Trinajstić information content (AvgIpc) is 2.25. The maximum Gasteiger partial charge on any atom is 0.409 e. The molecule has 0 bridgehead atoms.